The van der Waals surface area contributed by atoms with Crippen LogP contribution in [0.3, 0.4) is 0 Å². The van der Waals surface area contributed by atoms with Crippen LogP contribution in [0, 0.1) is 0 Å². The summed E-state index contributed by atoms with van der Waals surface area (Å²) >= 11 is 0. The van der Waals surface area contributed by atoms with Gasteiger partial charge in [0.2, 0.25) is 0 Å². The third-order valence-electron chi connectivity index (χ3n) is 4.22. The van der Waals surface area contributed by atoms with Crippen molar-refractivity contribution in [1.29, 1.82) is 0 Å². The molecule has 1 aliphatic heterocycles. The van der Waals surface area contributed by atoms with Crippen molar-refractivity contribution in [2.75, 3.05) is 40.3 Å². The molecule has 0 aliphatic carbocycles. The highest BCUT2D eigenvalue weighted by atomic mass is 15.4. The van der Waals surface area contributed by atoms with Crippen LogP contribution in [0.25, 0.3) is 0 Å². The standard InChI is InChI=1S/C15H30N6/c1-4-7-16-11-14-12-21(18-17-14)10-9-20(3)15-6-5-8-19(2)13-15/h12,15-16H,4-11,13H2,1-3H3. The van der Waals surface area contributed by atoms with Crippen molar-refractivity contribution in [3.63, 3.8) is 0 Å². The minimum absolute atomic E-state index is 0.679. The lowest BCUT2D eigenvalue weighted by Crippen LogP contribution is -2.45. The summed E-state index contributed by atoms with van der Waals surface area (Å²) in [5.41, 5.74) is 1.03. The molecule has 6 nitrogen and oxygen atoms in total. The first-order valence-corrected chi connectivity index (χ1v) is 8.17. The van der Waals surface area contributed by atoms with E-state index in [1.54, 1.807) is 0 Å². The van der Waals surface area contributed by atoms with E-state index in [1.807, 2.05) is 4.68 Å². The summed E-state index contributed by atoms with van der Waals surface area (Å²) in [6.07, 6.45) is 5.82. The fraction of sp³-hybridized carbons (Fsp3) is 0.867. The highest BCUT2D eigenvalue weighted by molar-refractivity contribution is 4.91. The van der Waals surface area contributed by atoms with E-state index in [0.717, 1.165) is 38.3 Å². The van der Waals surface area contributed by atoms with Gasteiger partial charge in [0, 0.05) is 31.9 Å². The van der Waals surface area contributed by atoms with Crippen LogP contribution in [0.2, 0.25) is 0 Å². The van der Waals surface area contributed by atoms with Crippen LogP contribution in [-0.2, 0) is 13.1 Å². The van der Waals surface area contributed by atoms with Gasteiger partial charge in [-0.25, -0.2) is 0 Å². The van der Waals surface area contributed by atoms with Crippen molar-refractivity contribution in [3.8, 4) is 0 Å². The van der Waals surface area contributed by atoms with Crippen molar-refractivity contribution in [1.82, 2.24) is 30.1 Å². The Hall–Kier alpha value is -0.980. The van der Waals surface area contributed by atoms with Gasteiger partial charge in [0.25, 0.3) is 0 Å². The molecule has 120 valence electrons. The third kappa shape index (κ3) is 5.37. The second kappa shape index (κ2) is 8.46. The quantitative estimate of drug-likeness (QED) is 0.719. The molecule has 0 bridgehead atoms. The smallest absolute Gasteiger partial charge is 0.0964 e. The highest BCUT2D eigenvalue weighted by Gasteiger charge is 2.20. The Morgan fingerprint density at radius 3 is 3.10 bits per heavy atom. The number of rotatable bonds is 8. The van der Waals surface area contributed by atoms with E-state index in [9.17, 15) is 0 Å². The van der Waals surface area contributed by atoms with Gasteiger partial charge < -0.3 is 15.1 Å². The first-order valence-electron chi connectivity index (χ1n) is 8.17. The summed E-state index contributed by atoms with van der Waals surface area (Å²) < 4.78 is 1.96. The molecule has 1 aliphatic rings. The largest absolute Gasteiger partial charge is 0.311 e. The van der Waals surface area contributed by atoms with E-state index < -0.39 is 0 Å². The Balaban J connectivity index is 1.72. The topological polar surface area (TPSA) is 49.2 Å². The Kier molecular flexibility index (Phi) is 6.60. The molecular formula is C15H30N6. The number of nitrogens with zero attached hydrogens (tertiary/aromatic N) is 5. The fourth-order valence-corrected chi connectivity index (χ4v) is 2.86. The summed E-state index contributed by atoms with van der Waals surface area (Å²) in [6.45, 7) is 8.38. The lowest BCUT2D eigenvalue weighted by Gasteiger charge is -2.35. The first kappa shape index (κ1) is 16.4. The van der Waals surface area contributed by atoms with Gasteiger partial charge in [0.1, 0.15) is 0 Å². The average Bonchev–Trinajstić information content (AvgIpc) is 2.93. The molecular weight excluding hydrogens is 264 g/mol. The summed E-state index contributed by atoms with van der Waals surface area (Å²) in [5.74, 6) is 0. The molecule has 1 atom stereocenters. The predicted molar refractivity (Wildman–Crippen MR) is 85.2 cm³/mol. The Morgan fingerprint density at radius 1 is 1.48 bits per heavy atom. The van der Waals surface area contributed by atoms with Crippen molar-refractivity contribution in [2.45, 2.75) is 45.3 Å². The van der Waals surface area contributed by atoms with Crippen LogP contribution >= 0.6 is 0 Å². The number of aromatic nitrogens is 3. The molecule has 0 spiro atoms. The lowest BCUT2D eigenvalue weighted by molar-refractivity contribution is 0.130. The molecule has 1 unspecified atom stereocenters. The van der Waals surface area contributed by atoms with Gasteiger partial charge in [0.15, 0.2) is 0 Å². The normalized spacial score (nSPS) is 20.3. The van der Waals surface area contributed by atoms with E-state index in [2.05, 4.69) is 52.6 Å². The maximum Gasteiger partial charge on any atom is 0.0964 e. The van der Waals surface area contributed by atoms with Crippen LogP contribution in [0.15, 0.2) is 6.20 Å². The number of nitrogens with one attached hydrogen (secondary N) is 1. The first-order chi connectivity index (χ1) is 10.2. The van der Waals surface area contributed by atoms with Gasteiger partial charge in [-0.2, -0.15) is 0 Å². The molecule has 2 heterocycles. The molecule has 2 rings (SSSR count). The maximum absolute atomic E-state index is 4.22. The molecule has 1 aromatic heterocycles. The van der Waals surface area contributed by atoms with E-state index >= 15 is 0 Å². The molecule has 1 saturated heterocycles. The Morgan fingerprint density at radius 2 is 2.33 bits per heavy atom. The van der Waals surface area contributed by atoms with Crippen LogP contribution in [0.1, 0.15) is 31.9 Å². The van der Waals surface area contributed by atoms with E-state index in [1.165, 1.54) is 25.9 Å². The number of likely N-dealkylation sites (tertiary alicyclic amines) is 1. The van der Waals surface area contributed by atoms with Crippen molar-refractivity contribution >= 4 is 0 Å². The number of hydrogen-bond acceptors (Lipinski definition) is 5. The van der Waals surface area contributed by atoms with Gasteiger partial charge >= 0.3 is 0 Å². The summed E-state index contributed by atoms with van der Waals surface area (Å²) in [4.78, 5) is 4.89. The number of hydrogen-bond donors (Lipinski definition) is 1. The molecule has 6 heteroatoms. The van der Waals surface area contributed by atoms with Crippen LogP contribution in [0.4, 0.5) is 0 Å². The molecule has 0 amide bonds. The summed E-state index contributed by atoms with van der Waals surface area (Å²) in [6, 6.07) is 0.679. The SMILES string of the molecule is CCCNCc1cn(CCN(C)C2CCCN(C)C2)nn1. The van der Waals surface area contributed by atoms with Crippen molar-refractivity contribution in [3.05, 3.63) is 11.9 Å². The van der Waals surface area contributed by atoms with E-state index in [4.69, 9.17) is 0 Å². The molecule has 0 saturated carbocycles. The van der Waals surface area contributed by atoms with Crippen molar-refractivity contribution in [2.24, 2.45) is 0 Å². The zero-order valence-electron chi connectivity index (χ0n) is 13.8. The summed E-state index contributed by atoms with van der Waals surface area (Å²) in [5, 5.41) is 11.8. The van der Waals surface area contributed by atoms with E-state index in [0.29, 0.717) is 6.04 Å². The number of likely N-dealkylation sites (N-methyl/N-ethyl adjacent to an activating group) is 2. The minimum Gasteiger partial charge on any atom is -0.311 e. The number of piperidine rings is 1. The highest BCUT2D eigenvalue weighted by Crippen LogP contribution is 2.13. The fourth-order valence-electron chi connectivity index (χ4n) is 2.86. The zero-order valence-corrected chi connectivity index (χ0v) is 13.8. The van der Waals surface area contributed by atoms with Crippen LogP contribution in [0.5, 0.6) is 0 Å². The van der Waals surface area contributed by atoms with E-state index in [-0.39, 0.29) is 0 Å². The minimum atomic E-state index is 0.679. The van der Waals surface area contributed by atoms with Gasteiger partial charge in [-0.05, 0) is 46.4 Å². The van der Waals surface area contributed by atoms with Crippen LogP contribution in [-0.4, -0.2) is 71.1 Å². The van der Waals surface area contributed by atoms with Crippen molar-refractivity contribution < 1.29 is 0 Å². The molecule has 21 heavy (non-hydrogen) atoms. The molecule has 0 radical (unpaired) electrons. The molecule has 1 fully saturated rings. The Labute approximate surface area is 128 Å². The van der Waals surface area contributed by atoms with Crippen LogP contribution < -0.4 is 5.32 Å². The van der Waals surface area contributed by atoms with Gasteiger partial charge in [0.05, 0.1) is 12.2 Å². The second-order valence-electron chi connectivity index (χ2n) is 6.19. The predicted octanol–water partition coefficient (Wildman–Crippen LogP) is 0.804. The lowest BCUT2D eigenvalue weighted by atomic mass is 10.1. The molecule has 1 N–H and O–H groups in total. The van der Waals surface area contributed by atoms with Gasteiger partial charge in [-0.1, -0.05) is 12.1 Å². The second-order valence-corrected chi connectivity index (χ2v) is 6.19. The molecule has 0 aromatic carbocycles. The molecule has 1 aromatic rings. The maximum atomic E-state index is 4.22. The monoisotopic (exact) mass is 294 g/mol. The average molecular weight is 294 g/mol. The Bertz CT molecular complexity index is 405. The zero-order chi connectivity index (χ0) is 15.1. The van der Waals surface area contributed by atoms with Gasteiger partial charge in [-0.15, -0.1) is 5.10 Å². The summed E-state index contributed by atoms with van der Waals surface area (Å²) in [7, 11) is 4.44. The van der Waals surface area contributed by atoms with Gasteiger partial charge in [-0.3, -0.25) is 4.68 Å². The third-order valence-corrected chi connectivity index (χ3v) is 4.22.